The Balaban J connectivity index is 2.14. The van der Waals surface area contributed by atoms with Gasteiger partial charge in [-0.1, -0.05) is 54.6 Å². The van der Waals surface area contributed by atoms with E-state index in [4.69, 9.17) is 0 Å². The average molecular weight is 269 g/mol. The van der Waals surface area contributed by atoms with Gasteiger partial charge in [-0.25, -0.2) is 0 Å². The van der Waals surface area contributed by atoms with Crippen molar-refractivity contribution in [3.05, 3.63) is 65.7 Å². The molecule has 0 saturated carbocycles. The van der Waals surface area contributed by atoms with Crippen molar-refractivity contribution in [2.24, 2.45) is 0 Å². The van der Waals surface area contributed by atoms with Gasteiger partial charge in [0.25, 0.3) is 0 Å². The summed E-state index contributed by atoms with van der Waals surface area (Å²) in [6.07, 6.45) is 0. The first-order valence-corrected chi connectivity index (χ1v) is 6.78. The average Bonchev–Trinajstić information content (AvgIpc) is 2.47. The molecule has 20 heavy (non-hydrogen) atoms. The van der Waals surface area contributed by atoms with Crippen LogP contribution in [0, 0.1) is 0 Å². The predicted octanol–water partition coefficient (Wildman–Crippen LogP) is 1.56. The molecule has 0 fully saturated rings. The van der Waals surface area contributed by atoms with Crippen molar-refractivity contribution in [1.29, 1.82) is 0 Å². The third-order valence-electron chi connectivity index (χ3n) is 3.70. The SMILES string of the molecule is CC(c1ccccc1)N(C)Cc1ccccc1B(O)O. The summed E-state index contributed by atoms with van der Waals surface area (Å²) < 4.78 is 0. The molecule has 1 unspecified atom stereocenters. The van der Waals surface area contributed by atoms with Gasteiger partial charge in [0.05, 0.1) is 0 Å². The molecule has 1 atom stereocenters. The molecule has 2 rings (SSSR count). The molecule has 0 radical (unpaired) electrons. The number of benzene rings is 2. The van der Waals surface area contributed by atoms with E-state index in [9.17, 15) is 10.0 Å². The van der Waals surface area contributed by atoms with Gasteiger partial charge >= 0.3 is 7.12 Å². The lowest BCUT2D eigenvalue weighted by molar-refractivity contribution is 0.253. The Morgan fingerprint density at radius 2 is 1.60 bits per heavy atom. The molecule has 4 heteroatoms. The maximum atomic E-state index is 9.41. The van der Waals surface area contributed by atoms with Crippen molar-refractivity contribution in [3.63, 3.8) is 0 Å². The van der Waals surface area contributed by atoms with Crippen LogP contribution in [0.5, 0.6) is 0 Å². The zero-order chi connectivity index (χ0) is 14.5. The second-order valence-corrected chi connectivity index (χ2v) is 5.07. The van der Waals surface area contributed by atoms with E-state index in [-0.39, 0.29) is 6.04 Å². The summed E-state index contributed by atoms with van der Waals surface area (Å²) in [4.78, 5) is 2.19. The molecule has 2 aromatic rings. The normalized spacial score (nSPS) is 12.4. The van der Waals surface area contributed by atoms with Gasteiger partial charge in [0.1, 0.15) is 0 Å². The van der Waals surface area contributed by atoms with E-state index in [0.717, 1.165) is 5.56 Å². The van der Waals surface area contributed by atoms with E-state index in [1.54, 1.807) is 6.07 Å². The standard InChI is InChI=1S/C16H20BNO2/c1-13(14-8-4-3-5-9-14)18(2)12-15-10-6-7-11-16(15)17(19)20/h3-11,13,19-20H,12H2,1-2H3. The second-order valence-electron chi connectivity index (χ2n) is 5.07. The molecule has 0 saturated heterocycles. The summed E-state index contributed by atoms with van der Waals surface area (Å²) in [6, 6.07) is 18.0. The minimum absolute atomic E-state index is 0.264. The van der Waals surface area contributed by atoms with Crippen molar-refractivity contribution in [2.75, 3.05) is 7.05 Å². The molecule has 0 aromatic heterocycles. The van der Waals surface area contributed by atoms with E-state index in [1.807, 2.05) is 43.4 Å². The number of hydrogen-bond donors (Lipinski definition) is 2. The van der Waals surface area contributed by atoms with Crippen molar-refractivity contribution in [3.8, 4) is 0 Å². The topological polar surface area (TPSA) is 43.7 Å². The quantitative estimate of drug-likeness (QED) is 0.809. The highest BCUT2D eigenvalue weighted by molar-refractivity contribution is 6.59. The molecule has 0 aliphatic carbocycles. The van der Waals surface area contributed by atoms with Gasteiger partial charge in [0, 0.05) is 12.6 Å². The summed E-state index contributed by atoms with van der Waals surface area (Å²) >= 11 is 0. The molecule has 0 heterocycles. The second kappa shape index (κ2) is 6.70. The Labute approximate surface area is 120 Å². The Bertz CT molecular complexity index is 545. The highest BCUT2D eigenvalue weighted by Crippen LogP contribution is 2.19. The van der Waals surface area contributed by atoms with Gasteiger partial charge in [-0.15, -0.1) is 0 Å². The molecule has 2 N–H and O–H groups in total. The van der Waals surface area contributed by atoms with E-state index in [2.05, 4.69) is 24.0 Å². The van der Waals surface area contributed by atoms with Crippen LogP contribution in [0.4, 0.5) is 0 Å². The first kappa shape index (κ1) is 14.8. The van der Waals surface area contributed by atoms with Crippen molar-refractivity contribution in [2.45, 2.75) is 19.5 Å². The van der Waals surface area contributed by atoms with Crippen LogP contribution in [0.25, 0.3) is 0 Å². The lowest BCUT2D eigenvalue weighted by atomic mass is 9.77. The smallest absolute Gasteiger partial charge is 0.423 e. The summed E-state index contributed by atoms with van der Waals surface area (Å²) in [7, 11) is 0.615. The summed E-state index contributed by atoms with van der Waals surface area (Å²) in [5, 5.41) is 18.8. The fourth-order valence-corrected chi connectivity index (χ4v) is 2.32. The lowest BCUT2D eigenvalue weighted by Crippen LogP contribution is -2.35. The number of rotatable bonds is 5. The molecule has 0 spiro atoms. The fraction of sp³-hybridized carbons (Fsp3) is 0.250. The summed E-state index contributed by atoms with van der Waals surface area (Å²) in [5.41, 5.74) is 2.75. The number of hydrogen-bond acceptors (Lipinski definition) is 3. The van der Waals surface area contributed by atoms with E-state index in [1.165, 1.54) is 5.56 Å². The molecule has 0 aliphatic rings. The maximum absolute atomic E-state index is 9.41. The predicted molar refractivity (Wildman–Crippen MR) is 82.6 cm³/mol. The first-order chi connectivity index (χ1) is 9.59. The van der Waals surface area contributed by atoms with Crippen LogP contribution in [0.15, 0.2) is 54.6 Å². The molecular weight excluding hydrogens is 249 g/mol. The Morgan fingerprint density at radius 1 is 1.00 bits per heavy atom. The third kappa shape index (κ3) is 3.48. The van der Waals surface area contributed by atoms with Crippen LogP contribution in [0.1, 0.15) is 24.1 Å². The monoisotopic (exact) mass is 269 g/mol. The van der Waals surface area contributed by atoms with Crippen LogP contribution in [0.3, 0.4) is 0 Å². The van der Waals surface area contributed by atoms with Crippen LogP contribution in [-0.4, -0.2) is 29.1 Å². The molecule has 2 aromatic carbocycles. The van der Waals surface area contributed by atoms with Gasteiger partial charge in [-0.3, -0.25) is 4.90 Å². The van der Waals surface area contributed by atoms with Crippen LogP contribution in [0.2, 0.25) is 0 Å². The van der Waals surface area contributed by atoms with Crippen LogP contribution >= 0.6 is 0 Å². The Hall–Kier alpha value is -1.62. The largest absolute Gasteiger partial charge is 0.488 e. The Kier molecular flexibility index (Phi) is 4.96. The molecular formula is C16H20BNO2. The van der Waals surface area contributed by atoms with Crippen molar-refractivity contribution in [1.82, 2.24) is 4.90 Å². The summed E-state index contributed by atoms with van der Waals surface area (Å²) in [6.45, 7) is 2.82. The zero-order valence-corrected chi connectivity index (χ0v) is 11.9. The minimum atomic E-state index is -1.42. The third-order valence-corrected chi connectivity index (χ3v) is 3.70. The molecule has 3 nitrogen and oxygen atoms in total. The molecule has 104 valence electrons. The van der Waals surface area contributed by atoms with Crippen molar-refractivity contribution < 1.29 is 10.0 Å². The molecule has 0 amide bonds. The van der Waals surface area contributed by atoms with E-state index >= 15 is 0 Å². The van der Waals surface area contributed by atoms with Gasteiger partial charge in [-0.2, -0.15) is 0 Å². The molecule has 0 aliphatic heterocycles. The molecule has 0 bridgehead atoms. The van der Waals surface area contributed by atoms with Crippen LogP contribution in [-0.2, 0) is 6.54 Å². The highest BCUT2D eigenvalue weighted by Gasteiger charge is 2.18. The Morgan fingerprint density at radius 3 is 2.25 bits per heavy atom. The highest BCUT2D eigenvalue weighted by atomic mass is 16.4. The van der Waals surface area contributed by atoms with Gasteiger partial charge < -0.3 is 10.0 Å². The maximum Gasteiger partial charge on any atom is 0.488 e. The summed E-state index contributed by atoms with van der Waals surface area (Å²) in [5.74, 6) is 0. The van der Waals surface area contributed by atoms with Gasteiger partial charge in [-0.05, 0) is 30.6 Å². The first-order valence-electron chi connectivity index (χ1n) is 6.78. The van der Waals surface area contributed by atoms with E-state index in [0.29, 0.717) is 12.0 Å². The number of nitrogens with zero attached hydrogens (tertiary/aromatic N) is 1. The van der Waals surface area contributed by atoms with E-state index < -0.39 is 7.12 Å². The van der Waals surface area contributed by atoms with Gasteiger partial charge in [0.2, 0.25) is 0 Å². The van der Waals surface area contributed by atoms with Gasteiger partial charge in [0.15, 0.2) is 0 Å². The lowest BCUT2D eigenvalue weighted by Gasteiger charge is -2.26. The fourth-order valence-electron chi connectivity index (χ4n) is 2.32. The zero-order valence-electron chi connectivity index (χ0n) is 11.9. The minimum Gasteiger partial charge on any atom is -0.423 e. The van der Waals surface area contributed by atoms with Crippen LogP contribution < -0.4 is 5.46 Å². The van der Waals surface area contributed by atoms with Crippen molar-refractivity contribution >= 4 is 12.6 Å².